The van der Waals surface area contributed by atoms with Gasteiger partial charge in [0.05, 0.1) is 11.0 Å². The zero-order chi connectivity index (χ0) is 14.1. The molecule has 0 atom stereocenters. The van der Waals surface area contributed by atoms with Crippen molar-refractivity contribution in [3.63, 3.8) is 0 Å². The minimum absolute atomic E-state index is 0. The fourth-order valence-electron chi connectivity index (χ4n) is 2.65. The van der Waals surface area contributed by atoms with E-state index in [0.29, 0.717) is 0 Å². The molecule has 0 aliphatic rings. The number of rotatable bonds is 2. The molecule has 4 rings (SSSR count). The quantitative estimate of drug-likeness (QED) is 0.423. The van der Waals surface area contributed by atoms with E-state index in [-0.39, 0.29) is 20.1 Å². The van der Waals surface area contributed by atoms with Gasteiger partial charge in [-0.2, -0.15) is 0 Å². The molecule has 0 aliphatic carbocycles. The molecule has 0 unspecified atom stereocenters. The van der Waals surface area contributed by atoms with Crippen LogP contribution in [0.4, 0.5) is 0 Å². The molecule has 0 N–H and O–H groups in total. The van der Waals surface area contributed by atoms with Gasteiger partial charge in [0.2, 0.25) is 0 Å². The van der Waals surface area contributed by atoms with E-state index in [0.717, 1.165) is 28.1 Å². The Labute approximate surface area is 142 Å². The molecular formula is C19H14IrN2. The monoisotopic (exact) mass is 463 g/mol. The Balaban J connectivity index is 0.00000144. The summed E-state index contributed by atoms with van der Waals surface area (Å²) in [6, 6.07) is 28.9. The van der Waals surface area contributed by atoms with E-state index in [2.05, 4.69) is 59.2 Å². The van der Waals surface area contributed by atoms with Gasteiger partial charge in [0, 0.05) is 31.4 Å². The molecular weight excluding hydrogens is 448 g/mol. The number of benzene rings is 3. The van der Waals surface area contributed by atoms with Gasteiger partial charge in [-0.05, 0) is 24.3 Å². The Bertz CT molecular complexity index is 883. The van der Waals surface area contributed by atoms with Gasteiger partial charge in [0.25, 0.3) is 0 Å². The van der Waals surface area contributed by atoms with Crippen LogP contribution in [0.15, 0.2) is 84.9 Å². The average Bonchev–Trinajstić information content (AvgIpc) is 2.96. The molecule has 0 bridgehead atoms. The fraction of sp³-hybridized carbons (Fsp3) is 0. The SMILES string of the molecule is [Ir].c1ccc(-c2nc3ccccc3n2-c2ccccc2)cc1. The molecule has 0 saturated carbocycles. The molecule has 0 fully saturated rings. The number of imidazole rings is 1. The summed E-state index contributed by atoms with van der Waals surface area (Å²) in [5.74, 6) is 0.975. The molecule has 3 heteroatoms. The Kier molecular flexibility index (Phi) is 4.19. The molecule has 0 aliphatic heterocycles. The maximum absolute atomic E-state index is 4.82. The number of para-hydroxylation sites is 3. The molecule has 0 spiro atoms. The summed E-state index contributed by atoms with van der Waals surface area (Å²) in [5.41, 5.74) is 4.39. The third-order valence-electron chi connectivity index (χ3n) is 3.61. The minimum Gasteiger partial charge on any atom is -0.292 e. The van der Waals surface area contributed by atoms with Crippen LogP contribution in [0.2, 0.25) is 0 Å². The van der Waals surface area contributed by atoms with E-state index >= 15 is 0 Å². The number of nitrogens with zero attached hydrogens (tertiary/aromatic N) is 2. The van der Waals surface area contributed by atoms with Crippen LogP contribution >= 0.6 is 0 Å². The largest absolute Gasteiger partial charge is 0.292 e. The van der Waals surface area contributed by atoms with Crippen LogP contribution in [-0.4, -0.2) is 9.55 Å². The van der Waals surface area contributed by atoms with Gasteiger partial charge < -0.3 is 0 Å². The summed E-state index contributed by atoms with van der Waals surface area (Å²) in [7, 11) is 0. The van der Waals surface area contributed by atoms with Crippen LogP contribution in [0.3, 0.4) is 0 Å². The van der Waals surface area contributed by atoms with Gasteiger partial charge in [0.1, 0.15) is 5.82 Å². The van der Waals surface area contributed by atoms with Crippen molar-refractivity contribution in [1.82, 2.24) is 9.55 Å². The Hall–Kier alpha value is -2.22. The van der Waals surface area contributed by atoms with Gasteiger partial charge in [-0.15, -0.1) is 0 Å². The first-order valence-corrected chi connectivity index (χ1v) is 7.02. The number of fused-ring (bicyclic) bond motifs is 1. The van der Waals surface area contributed by atoms with Crippen LogP contribution in [0.1, 0.15) is 0 Å². The van der Waals surface area contributed by atoms with E-state index in [4.69, 9.17) is 4.98 Å². The second kappa shape index (κ2) is 6.27. The van der Waals surface area contributed by atoms with Crippen LogP contribution in [-0.2, 0) is 20.1 Å². The van der Waals surface area contributed by atoms with E-state index in [1.807, 2.05) is 30.3 Å². The van der Waals surface area contributed by atoms with Gasteiger partial charge in [-0.1, -0.05) is 60.7 Å². The average molecular weight is 463 g/mol. The Morgan fingerprint density at radius 3 is 1.95 bits per heavy atom. The van der Waals surface area contributed by atoms with Crippen molar-refractivity contribution in [2.75, 3.05) is 0 Å². The molecule has 109 valence electrons. The second-order valence-corrected chi connectivity index (χ2v) is 4.96. The molecule has 1 radical (unpaired) electrons. The molecule has 1 aromatic heterocycles. The first kappa shape index (κ1) is 14.7. The van der Waals surface area contributed by atoms with Gasteiger partial charge in [-0.3, -0.25) is 4.57 Å². The number of hydrogen-bond acceptors (Lipinski definition) is 1. The molecule has 3 aromatic carbocycles. The third kappa shape index (κ3) is 2.50. The fourth-order valence-corrected chi connectivity index (χ4v) is 2.65. The maximum Gasteiger partial charge on any atom is 0.145 e. The summed E-state index contributed by atoms with van der Waals surface area (Å²) < 4.78 is 2.21. The molecule has 22 heavy (non-hydrogen) atoms. The molecule has 0 amide bonds. The smallest absolute Gasteiger partial charge is 0.145 e. The van der Waals surface area contributed by atoms with Crippen molar-refractivity contribution >= 4 is 11.0 Å². The normalized spacial score (nSPS) is 10.4. The molecule has 0 saturated heterocycles. The molecule has 4 aromatic rings. The van der Waals surface area contributed by atoms with Crippen molar-refractivity contribution in [1.29, 1.82) is 0 Å². The van der Waals surface area contributed by atoms with E-state index in [1.54, 1.807) is 0 Å². The minimum atomic E-state index is 0. The van der Waals surface area contributed by atoms with Crippen LogP contribution < -0.4 is 0 Å². The summed E-state index contributed by atoms with van der Waals surface area (Å²) in [6.07, 6.45) is 0. The van der Waals surface area contributed by atoms with Gasteiger partial charge >= 0.3 is 0 Å². The van der Waals surface area contributed by atoms with Crippen molar-refractivity contribution < 1.29 is 20.1 Å². The van der Waals surface area contributed by atoms with Crippen molar-refractivity contribution in [3.8, 4) is 17.1 Å². The van der Waals surface area contributed by atoms with E-state index in [1.165, 1.54) is 0 Å². The standard InChI is InChI=1S/C19H14N2.Ir/c1-3-9-15(10-4-1)19-20-17-13-7-8-14-18(17)21(19)16-11-5-2-6-12-16;/h1-14H;. The van der Waals surface area contributed by atoms with Gasteiger partial charge in [-0.25, -0.2) is 4.98 Å². The Morgan fingerprint density at radius 2 is 1.23 bits per heavy atom. The molecule has 2 nitrogen and oxygen atoms in total. The predicted molar refractivity (Wildman–Crippen MR) is 86.5 cm³/mol. The Morgan fingerprint density at radius 1 is 0.636 bits per heavy atom. The summed E-state index contributed by atoms with van der Waals surface area (Å²) >= 11 is 0. The first-order valence-electron chi connectivity index (χ1n) is 7.02. The van der Waals surface area contributed by atoms with Crippen molar-refractivity contribution in [2.24, 2.45) is 0 Å². The summed E-state index contributed by atoms with van der Waals surface area (Å²) in [4.78, 5) is 4.82. The van der Waals surface area contributed by atoms with Gasteiger partial charge in [0.15, 0.2) is 0 Å². The molecule has 1 heterocycles. The zero-order valence-corrected chi connectivity index (χ0v) is 14.2. The first-order chi connectivity index (χ1) is 10.4. The number of hydrogen-bond donors (Lipinski definition) is 0. The predicted octanol–water partition coefficient (Wildman–Crippen LogP) is 4.69. The van der Waals surface area contributed by atoms with Crippen LogP contribution in [0, 0.1) is 0 Å². The topological polar surface area (TPSA) is 17.8 Å². The third-order valence-corrected chi connectivity index (χ3v) is 3.61. The summed E-state index contributed by atoms with van der Waals surface area (Å²) in [5, 5.41) is 0. The van der Waals surface area contributed by atoms with Crippen LogP contribution in [0.25, 0.3) is 28.1 Å². The van der Waals surface area contributed by atoms with Crippen LogP contribution in [0.5, 0.6) is 0 Å². The van der Waals surface area contributed by atoms with Crippen molar-refractivity contribution in [2.45, 2.75) is 0 Å². The van der Waals surface area contributed by atoms with Crippen molar-refractivity contribution in [3.05, 3.63) is 84.9 Å². The van der Waals surface area contributed by atoms with E-state index in [9.17, 15) is 0 Å². The second-order valence-electron chi connectivity index (χ2n) is 4.96. The van der Waals surface area contributed by atoms with E-state index < -0.39 is 0 Å². The number of aromatic nitrogens is 2. The maximum atomic E-state index is 4.82. The summed E-state index contributed by atoms with van der Waals surface area (Å²) in [6.45, 7) is 0. The zero-order valence-electron chi connectivity index (χ0n) is 11.8.